The Hall–Kier alpha value is -4.07. The van der Waals surface area contributed by atoms with Gasteiger partial charge in [-0.2, -0.15) is 0 Å². The number of rotatable bonds is 7. The van der Waals surface area contributed by atoms with Crippen molar-refractivity contribution in [3.05, 3.63) is 72.1 Å². The predicted octanol–water partition coefficient (Wildman–Crippen LogP) is 2.71. The number of hydrogen-bond acceptors (Lipinski definition) is 5. The molecule has 3 N–H and O–H groups in total. The fourth-order valence-electron chi connectivity index (χ4n) is 3.54. The van der Waals surface area contributed by atoms with Crippen LogP contribution in [0.4, 0.5) is 0 Å². The van der Waals surface area contributed by atoms with Crippen molar-refractivity contribution >= 4 is 39.7 Å². The summed E-state index contributed by atoms with van der Waals surface area (Å²) in [5, 5.41) is 4.26. The number of esters is 2. The van der Waals surface area contributed by atoms with Crippen LogP contribution >= 0.6 is 0 Å². The highest BCUT2D eigenvalue weighted by Gasteiger charge is 2.24. The molecule has 0 saturated heterocycles. The summed E-state index contributed by atoms with van der Waals surface area (Å²) in [6, 6.07) is 14.0. The normalized spacial score (nSPS) is 11.9. The maximum absolute atomic E-state index is 12.4. The molecule has 0 aliphatic heterocycles. The molecule has 0 radical (unpaired) electrons. The highest BCUT2D eigenvalue weighted by Crippen LogP contribution is 2.20. The number of aromatic nitrogens is 2. The van der Waals surface area contributed by atoms with Gasteiger partial charge in [0.1, 0.15) is 6.04 Å². The first-order valence-electron chi connectivity index (χ1n) is 9.72. The van der Waals surface area contributed by atoms with Crippen LogP contribution in [0.15, 0.2) is 60.9 Å². The fourth-order valence-corrected chi connectivity index (χ4v) is 3.54. The van der Waals surface area contributed by atoms with Gasteiger partial charge in [0.2, 0.25) is 0 Å². The summed E-state index contributed by atoms with van der Waals surface area (Å²) in [5.41, 5.74) is 2.93. The zero-order chi connectivity index (χ0) is 21.8. The first-order valence-corrected chi connectivity index (χ1v) is 9.72. The average molecular weight is 419 g/mol. The standard InChI is InChI=1S/C23H21N3O5/c1-30-23(29)20(10-14-11-24-18-8-4-2-6-15(14)18)26-21(27)13-31-22(28)17-12-25-19-9-5-3-7-16(17)19/h2-9,11-12,20,24-25H,10,13H2,1H3,(H,26,27)/t20-/m1/s1. The van der Waals surface area contributed by atoms with Crippen molar-refractivity contribution in [2.75, 3.05) is 13.7 Å². The van der Waals surface area contributed by atoms with E-state index < -0.39 is 30.5 Å². The van der Waals surface area contributed by atoms with Gasteiger partial charge in [-0.25, -0.2) is 9.59 Å². The lowest BCUT2D eigenvalue weighted by Gasteiger charge is -2.16. The van der Waals surface area contributed by atoms with E-state index in [0.717, 1.165) is 22.0 Å². The summed E-state index contributed by atoms with van der Waals surface area (Å²) in [6.07, 6.45) is 3.57. The predicted molar refractivity (Wildman–Crippen MR) is 115 cm³/mol. The first-order chi connectivity index (χ1) is 15.1. The van der Waals surface area contributed by atoms with Crippen LogP contribution in [0.3, 0.4) is 0 Å². The monoisotopic (exact) mass is 419 g/mol. The molecule has 1 atom stereocenters. The fraction of sp³-hybridized carbons (Fsp3) is 0.174. The van der Waals surface area contributed by atoms with Crippen molar-refractivity contribution in [3.8, 4) is 0 Å². The average Bonchev–Trinajstić information content (AvgIpc) is 3.41. The number of para-hydroxylation sites is 2. The molecule has 0 aliphatic carbocycles. The van der Waals surface area contributed by atoms with Crippen LogP contribution in [0.1, 0.15) is 15.9 Å². The van der Waals surface area contributed by atoms with E-state index in [1.165, 1.54) is 7.11 Å². The second kappa shape index (κ2) is 8.74. The van der Waals surface area contributed by atoms with Crippen LogP contribution in [0, 0.1) is 0 Å². The van der Waals surface area contributed by atoms with Crippen LogP contribution < -0.4 is 5.32 Å². The summed E-state index contributed by atoms with van der Waals surface area (Å²) in [7, 11) is 1.26. The van der Waals surface area contributed by atoms with Gasteiger partial charge >= 0.3 is 11.9 Å². The third-order valence-corrected chi connectivity index (χ3v) is 5.06. The number of fused-ring (bicyclic) bond motifs is 2. The smallest absolute Gasteiger partial charge is 0.340 e. The molecule has 158 valence electrons. The first kappa shape index (κ1) is 20.2. The molecule has 0 aliphatic rings. The summed E-state index contributed by atoms with van der Waals surface area (Å²) in [5.74, 6) is -1.80. The van der Waals surface area contributed by atoms with Crippen molar-refractivity contribution in [3.63, 3.8) is 0 Å². The summed E-state index contributed by atoms with van der Waals surface area (Å²) < 4.78 is 9.98. The van der Waals surface area contributed by atoms with Gasteiger partial charge in [0, 0.05) is 40.6 Å². The topological polar surface area (TPSA) is 113 Å². The van der Waals surface area contributed by atoms with E-state index in [9.17, 15) is 14.4 Å². The molecule has 8 heteroatoms. The van der Waals surface area contributed by atoms with Gasteiger partial charge in [-0.15, -0.1) is 0 Å². The molecular weight excluding hydrogens is 398 g/mol. The molecule has 0 bridgehead atoms. The zero-order valence-electron chi connectivity index (χ0n) is 16.8. The highest BCUT2D eigenvalue weighted by atomic mass is 16.5. The summed E-state index contributed by atoms with van der Waals surface area (Å²) in [4.78, 5) is 43.1. The van der Waals surface area contributed by atoms with Gasteiger partial charge in [0.25, 0.3) is 5.91 Å². The van der Waals surface area contributed by atoms with E-state index >= 15 is 0 Å². The molecule has 31 heavy (non-hydrogen) atoms. The molecule has 4 rings (SSSR count). The van der Waals surface area contributed by atoms with Crippen LogP contribution in [0.2, 0.25) is 0 Å². The molecule has 0 spiro atoms. The SMILES string of the molecule is COC(=O)[C@@H](Cc1c[nH]c2ccccc12)NC(=O)COC(=O)c1c[nH]c2ccccc12. The van der Waals surface area contributed by atoms with Gasteiger partial charge in [-0.3, -0.25) is 4.79 Å². The third kappa shape index (κ3) is 4.28. The minimum atomic E-state index is -0.913. The van der Waals surface area contributed by atoms with Crippen LogP contribution in [-0.4, -0.2) is 47.6 Å². The molecule has 8 nitrogen and oxygen atoms in total. The van der Waals surface area contributed by atoms with Crippen molar-refractivity contribution in [1.29, 1.82) is 0 Å². The van der Waals surface area contributed by atoms with Crippen molar-refractivity contribution in [2.45, 2.75) is 12.5 Å². The number of carbonyl (C=O) groups excluding carboxylic acids is 3. The zero-order valence-corrected chi connectivity index (χ0v) is 16.8. The molecule has 2 aromatic heterocycles. The Labute approximate surface area is 177 Å². The lowest BCUT2D eigenvalue weighted by Crippen LogP contribution is -2.44. The highest BCUT2D eigenvalue weighted by molar-refractivity contribution is 6.04. The maximum Gasteiger partial charge on any atom is 0.340 e. The van der Waals surface area contributed by atoms with Gasteiger partial charge < -0.3 is 24.8 Å². The third-order valence-electron chi connectivity index (χ3n) is 5.06. The van der Waals surface area contributed by atoms with E-state index in [1.54, 1.807) is 18.5 Å². The Bertz CT molecular complexity index is 1260. The number of aromatic amines is 2. The van der Waals surface area contributed by atoms with Crippen LogP contribution in [-0.2, 0) is 25.5 Å². The van der Waals surface area contributed by atoms with Gasteiger partial charge in [0.15, 0.2) is 6.61 Å². The number of methoxy groups -OCH3 is 1. The lowest BCUT2D eigenvalue weighted by molar-refractivity contribution is -0.145. The number of hydrogen-bond donors (Lipinski definition) is 3. The number of carbonyl (C=O) groups is 3. The van der Waals surface area contributed by atoms with Crippen molar-refractivity contribution < 1.29 is 23.9 Å². The van der Waals surface area contributed by atoms with Crippen LogP contribution in [0.25, 0.3) is 21.8 Å². The van der Waals surface area contributed by atoms with E-state index in [1.807, 2.05) is 42.5 Å². The van der Waals surface area contributed by atoms with Crippen molar-refractivity contribution in [1.82, 2.24) is 15.3 Å². The summed E-state index contributed by atoms with van der Waals surface area (Å²) >= 11 is 0. The molecule has 4 aromatic rings. The quantitative estimate of drug-likeness (QED) is 0.399. The Balaban J connectivity index is 1.41. The largest absolute Gasteiger partial charge is 0.467 e. The minimum absolute atomic E-state index is 0.235. The molecule has 0 fully saturated rings. The molecular formula is C23H21N3O5. The van der Waals surface area contributed by atoms with E-state index in [0.29, 0.717) is 10.9 Å². The Morgan fingerprint density at radius 1 is 0.935 bits per heavy atom. The second-order valence-electron chi connectivity index (χ2n) is 7.03. The molecule has 2 heterocycles. The van der Waals surface area contributed by atoms with Crippen LogP contribution in [0.5, 0.6) is 0 Å². The van der Waals surface area contributed by atoms with Gasteiger partial charge in [-0.1, -0.05) is 36.4 Å². The lowest BCUT2D eigenvalue weighted by atomic mass is 10.0. The number of benzene rings is 2. The van der Waals surface area contributed by atoms with E-state index in [4.69, 9.17) is 9.47 Å². The van der Waals surface area contributed by atoms with E-state index in [-0.39, 0.29) is 6.42 Å². The number of amides is 1. The second-order valence-corrected chi connectivity index (χ2v) is 7.03. The number of ether oxygens (including phenoxy) is 2. The molecule has 0 saturated carbocycles. The Morgan fingerprint density at radius 2 is 1.58 bits per heavy atom. The van der Waals surface area contributed by atoms with E-state index in [2.05, 4.69) is 15.3 Å². The van der Waals surface area contributed by atoms with Crippen molar-refractivity contribution in [2.24, 2.45) is 0 Å². The maximum atomic E-state index is 12.4. The van der Waals surface area contributed by atoms with Gasteiger partial charge in [-0.05, 0) is 17.7 Å². The minimum Gasteiger partial charge on any atom is -0.467 e. The number of nitrogens with one attached hydrogen (secondary N) is 3. The molecule has 1 amide bonds. The summed E-state index contributed by atoms with van der Waals surface area (Å²) in [6.45, 7) is -0.514. The Morgan fingerprint density at radius 3 is 2.32 bits per heavy atom. The molecule has 0 unspecified atom stereocenters. The Kier molecular flexibility index (Phi) is 5.70. The number of H-pyrrole nitrogens is 2. The molecule has 2 aromatic carbocycles. The van der Waals surface area contributed by atoms with Gasteiger partial charge in [0.05, 0.1) is 12.7 Å².